The van der Waals surface area contributed by atoms with Crippen LogP contribution in [0.4, 0.5) is 0 Å². The van der Waals surface area contributed by atoms with Gasteiger partial charge in [0.05, 0.1) is 0 Å². The molecule has 3 aromatic rings. The van der Waals surface area contributed by atoms with E-state index in [-0.39, 0.29) is 23.4 Å². The van der Waals surface area contributed by atoms with Crippen LogP contribution in [-0.4, -0.2) is 25.8 Å². The Balaban J connectivity index is 1.62. The van der Waals surface area contributed by atoms with Gasteiger partial charge in [0.1, 0.15) is 11.9 Å². The van der Waals surface area contributed by atoms with Crippen LogP contribution in [0.1, 0.15) is 23.2 Å². The molecule has 0 aliphatic carbocycles. The highest BCUT2D eigenvalue weighted by Gasteiger charge is 2.17. The molecule has 0 saturated heterocycles. The fourth-order valence-electron chi connectivity index (χ4n) is 2.14. The van der Waals surface area contributed by atoms with Crippen LogP contribution >= 0.6 is 23.1 Å². The maximum atomic E-state index is 12.2. The van der Waals surface area contributed by atoms with E-state index < -0.39 is 0 Å². The van der Waals surface area contributed by atoms with E-state index in [1.165, 1.54) is 39.2 Å². The van der Waals surface area contributed by atoms with E-state index in [0.29, 0.717) is 15.7 Å². The maximum Gasteiger partial charge on any atom is 0.319 e. The summed E-state index contributed by atoms with van der Waals surface area (Å²) in [6, 6.07) is 9.40. The van der Waals surface area contributed by atoms with Crippen molar-refractivity contribution >= 4 is 34.0 Å². The van der Waals surface area contributed by atoms with Crippen molar-refractivity contribution in [3.8, 4) is 0 Å². The van der Waals surface area contributed by atoms with Gasteiger partial charge in [-0.25, -0.2) is 4.98 Å². The van der Waals surface area contributed by atoms with E-state index in [2.05, 4.69) is 10.1 Å². The molecule has 0 aliphatic heterocycles. The van der Waals surface area contributed by atoms with E-state index in [4.69, 9.17) is 4.74 Å². The molecule has 0 fully saturated rings. The first-order chi connectivity index (χ1) is 11.9. The van der Waals surface area contributed by atoms with Crippen LogP contribution in [0.15, 0.2) is 40.0 Å². The number of esters is 1. The number of hydrogen-bond donors (Lipinski definition) is 0. The van der Waals surface area contributed by atoms with E-state index in [1.807, 2.05) is 31.2 Å². The van der Waals surface area contributed by atoms with Crippen LogP contribution in [0.25, 0.3) is 4.96 Å². The van der Waals surface area contributed by atoms with E-state index in [9.17, 15) is 9.59 Å². The highest BCUT2D eigenvalue weighted by molar-refractivity contribution is 8.00. The summed E-state index contributed by atoms with van der Waals surface area (Å²) in [5, 5.41) is 4.36. The minimum absolute atomic E-state index is 0.0319. The number of ether oxygens (including phenoxy) is 1. The fraction of sp³-hybridized carbons (Fsp3) is 0.294. The zero-order valence-corrected chi connectivity index (χ0v) is 15.7. The van der Waals surface area contributed by atoms with Crippen LogP contribution in [0.2, 0.25) is 0 Å². The average molecular weight is 375 g/mol. The lowest BCUT2D eigenvalue weighted by Gasteiger charge is -2.10. The SMILES string of the molecule is Cc1ccc(S[C@@H](C)C(=O)OCc2nn3c(=O)cc(C)nc3s2)cc1. The van der Waals surface area contributed by atoms with Crippen LogP contribution < -0.4 is 5.56 Å². The largest absolute Gasteiger partial charge is 0.457 e. The number of aryl methyl sites for hydroxylation is 2. The lowest BCUT2D eigenvalue weighted by atomic mass is 10.2. The van der Waals surface area contributed by atoms with Gasteiger partial charge in [-0.3, -0.25) is 9.59 Å². The number of carbonyl (C=O) groups excluding carboxylic acids is 1. The smallest absolute Gasteiger partial charge is 0.319 e. The predicted octanol–water partition coefficient (Wildman–Crippen LogP) is 2.99. The monoisotopic (exact) mass is 375 g/mol. The van der Waals surface area contributed by atoms with Crippen molar-refractivity contribution < 1.29 is 9.53 Å². The van der Waals surface area contributed by atoms with Gasteiger partial charge >= 0.3 is 5.97 Å². The highest BCUT2D eigenvalue weighted by atomic mass is 32.2. The Bertz CT molecular complexity index is 963. The molecule has 6 nitrogen and oxygen atoms in total. The van der Waals surface area contributed by atoms with Gasteiger partial charge in [0.25, 0.3) is 5.56 Å². The minimum Gasteiger partial charge on any atom is -0.457 e. The quantitative estimate of drug-likeness (QED) is 0.504. The predicted molar refractivity (Wildman–Crippen MR) is 98.2 cm³/mol. The van der Waals surface area contributed by atoms with Crippen molar-refractivity contribution in [2.75, 3.05) is 0 Å². The number of aromatic nitrogens is 3. The lowest BCUT2D eigenvalue weighted by molar-refractivity contribution is -0.143. The number of fused-ring (bicyclic) bond motifs is 1. The Hall–Kier alpha value is -2.19. The summed E-state index contributed by atoms with van der Waals surface area (Å²) in [4.78, 5) is 29.8. The van der Waals surface area contributed by atoms with Gasteiger partial charge in [0.15, 0.2) is 5.01 Å². The van der Waals surface area contributed by atoms with Crippen LogP contribution in [0.3, 0.4) is 0 Å². The van der Waals surface area contributed by atoms with Crippen LogP contribution in [0.5, 0.6) is 0 Å². The summed E-state index contributed by atoms with van der Waals surface area (Å²) in [7, 11) is 0. The second-order valence-corrected chi connectivity index (χ2v) is 8.06. The fourth-order valence-corrected chi connectivity index (χ4v) is 3.86. The van der Waals surface area contributed by atoms with Gasteiger partial charge < -0.3 is 4.74 Å². The molecule has 130 valence electrons. The topological polar surface area (TPSA) is 73.6 Å². The average Bonchev–Trinajstić information content (AvgIpc) is 2.98. The molecule has 3 rings (SSSR count). The molecule has 0 bridgehead atoms. The Morgan fingerprint density at radius 1 is 1.32 bits per heavy atom. The third kappa shape index (κ3) is 4.26. The molecule has 2 aromatic heterocycles. The molecular weight excluding hydrogens is 358 g/mol. The number of carbonyl (C=O) groups is 1. The summed E-state index contributed by atoms with van der Waals surface area (Å²) in [6.07, 6.45) is 0. The number of thioether (sulfide) groups is 1. The molecular formula is C17H17N3O3S2. The molecule has 2 heterocycles. The minimum atomic E-state index is -0.333. The number of nitrogens with zero attached hydrogens (tertiary/aromatic N) is 3. The molecule has 25 heavy (non-hydrogen) atoms. The molecule has 0 amide bonds. The Labute approximate surface area is 152 Å². The molecule has 0 unspecified atom stereocenters. The maximum absolute atomic E-state index is 12.2. The highest BCUT2D eigenvalue weighted by Crippen LogP contribution is 2.24. The van der Waals surface area contributed by atoms with E-state index in [1.54, 1.807) is 13.8 Å². The van der Waals surface area contributed by atoms with Gasteiger partial charge in [-0.05, 0) is 32.9 Å². The van der Waals surface area contributed by atoms with E-state index >= 15 is 0 Å². The summed E-state index contributed by atoms with van der Waals surface area (Å²) >= 11 is 2.69. The van der Waals surface area contributed by atoms with Gasteiger partial charge in [-0.2, -0.15) is 9.61 Å². The second-order valence-electron chi connectivity index (χ2n) is 5.61. The molecule has 0 saturated carbocycles. The normalized spacial score (nSPS) is 12.3. The molecule has 0 radical (unpaired) electrons. The second kappa shape index (κ2) is 7.37. The molecule has 1 atom stereocenters. The zero-order chi connectivity index (χ0) is 18.0. The van der Waals surface area contributed by atoms with E-state index in [0.717, 1.165) is 4.90 Å². The third-order valence-electron chi connectivity index (χ3n) is 3.42. The summed E-state index contributed by atoms with van der Waals surface area (Å²) < 4.78 is 6.56. The van der Waals surface area contributed by atoms with Crippen molar-refractivity contribution in [1.82, 2.24) is 14.6 Å². The number of benzene rings is 1. The molecule has 0 spiro atoms. The molecule has 1 aromatic carbocycles. The van der Waals surface area contributed by atoms with Gasteiger partial charge in [0.2, 0.25) is 4.96 Å². The summed E-state index contributed by atoms with van der Waals surface area (Å²) in [5.74, 6) is -0.318. The van der Waals surface area contributed by atoms with Crippen LogP contribution in [-0.2, 0) is 16.1 Å². The van der Waals surface area contributed by atoms with Crippen molar-refractivity contribution in [3.05, 3.63) is 57.0 Å². The summed E-state index contributed by atoms with van der Waals surface area (Å²) in [6.45, 7) is 5.61. The Morgan fingerprint density at radius 3 is 2.76 bits per heavy atom. The molecule has 0 N–H and O–H groups in total. The lowest BCUT2D eigenvalue weighted by Crippen LogP contribution is -2.17. The van der Waals surface area contributed by atoms with Gasteiger partial charge in [-0.1, -0.05) is 29.0 Å². The first-order valence-corrected chi connectivity index (χ1v) is 9.38. The third-order valence-corrected chi connectivity index (χ3v) is 5.39. The first-order valence-electron chi connectivity index (χ1n) is 7.69. The van der Waals surface area contributed by atoms with Crippen molar-refractivity contribution in [1.29, 1.82) is 0 Å². The zero-order valence-electron chi connectivity index (χ0n) is 14.1. The van der Waals surface area contributed by atoms with Gasteiger partial charge in [0, 0.05) is 16.7 Å². The molecule has 8 heteroatoms. The Morgan fingerprint density at radius 2 is 2.04 bits per heavy atom. The first kappa shape index (κ1) is 17.6. The molecule has 0 aliphatic rings. The van der Waals surface area contributed by atoms with Crippen LogP contribution in [0, 0.1) is 13.8 Å². The number of hydrogen-bond acceptors (Lipinski definition) is 7. The number of rotatable bonds is 5. The van der Waals surface area contributed by atoms with Gasteiger partial charge in [-0.15, -0.1) is 11.8 Å². The standard InChI is InChI=1S/C17H17N3O3S2/c1-10-4-6-13(7-5-10)24-12(3)16(22)23-9-14-19-20-15(21)8-11(2)18-17(20)25-14/h4-8,12H,9H2,1-3H3/t12-/m0/s1. The van der Waals surface area contributed by atoms with Crippen molar-refractivity contribution in [2.24, 2.45) is 0 Å². The Kier molecular flexibility index (Phi) is 5.19. The van der Waals surface area contributed by atoms with Crippen molar-refractivity contribution in [2.45, 2.75) is 37.5 Å². The summed E-state index contributed by atoms with van der Waals surface area (Å²) in [5.41, 5.74) is 1.58. The van der Waals surface area contributed by atoms with Crippen molar-refractivity contribution in [3.63, 3.8) is 0 Å².